The molecule has 0 bridgehead atoms. The average molecular weight is 187 g/mol. The molecule has 0 atom stereocenters. The van der Waals surface area contributed by atoms with E-state index in [1.165, 1.54) is 18.5 Å². The van der Waals surface area contributed by atoms with Crippen LogP contribution in [0.1, 0.15) is 6.42 Å². The molecule has 1 aliphatic rings. The van der Waals surface area contributed by atoms with Gasteiger partial charge in [0.15, 0.2) is 0 Å². The molecule has 1 fully saturated rings. The molecule has 0 saturated carbocycles. The lowest BCUT2D eigenvalue weighted by Crippen LogP contribution is -3.27. The Labute approximate surface area is 73.0 Å². The van der Waals surface area contributed by atoms with Crippen LogP contribution < -0.4 is 4.23 Å². The smallest absolute Gasteiger partial charge is 0.236 e. The Balaban J connectivity index is 2.76. The lowest BCUT2D eigenvalue weighted by atomic mass is 10.6. The topological polar surface area (TPSA) is 4.44 Å². The summed E-state index contributed by atoms with van der Waals surface area (Å²) in [4.78, 5) is 0. The molecule has 0 aromatic heterocycles. The van der Waals surface area contributed by atoms with E-state index in [0.717, 1.165) is 0 Å². The van der Waals surface area contributed by atoms with E-state index in [9.17, 15) is 0 Å². The summed E-state index contributed by atoms with van der Waals surface area (Å²) in [5.74, 6) is 0. The van der Waals surface area contributed by atoms with E-state index in [4.69, 9.17) is 0 Å². The molecule has 0 aromatic carbocycles. The summed E-state index contributed by atoms with van der Waals surface area (Å²) in [6.45, 7) is 9.96. The van der Waals surface area contributed by atoms with Crippen LogP contribution in [-0.4, -0.2) is 16.5 Å². The zero-order valence-corrected chi connectivity index (χ0v) is 10.3. The Morgan fingerprint density at radius 3 is 1.64 bits per heavy atom. The number of hydrogen-bond acceptors (Lipinski definition) is 0. The second-order valence-electron chi connectivity index (χ2n) is 5.10. The standard InChI is InChI=1S/C8H21NSi2/c1-9-10(2,3)7-6-8-11(9,4)5/h9H,1,6-8H2,2-5H3. The summed E-state index contributed by atoms with van der Waals surface area (Å²) in [7, 11) is 2.42. The van der Waals surface area contributed by atoms with Crippen molar-refractivity contribution in [3.8, 4) is 0 Å². The molecule has 1 nitrogen and oxygen atoms in total. The maximum atomic E-state index is 4.34. The van der Waals surface area contributed by atoms with Crippen LogP contribution in [0.15, 0.2) is 0 Å². The third-order valence-electron chi connectivity index (χ3n) is 3.24. The minimum Gasteiger partial charge on any atom is -0.594 e. The van der Waals surface area contributed by atoms with Crippen molar-refractivity contribution in [1.29, 1.82) is 0 Å². The Bertz CT molecular complexity index is 138. The Morgan fingerprint density at radius 1 is 1.00 bits per heavy atom. The number of hydrogen-bond donors (Lipinski definition) is 1. The van der Waals surface area contributed by atoms with E-state index >= 15 is 0 Å². The molecule has 1 aliphatic heterocycles. The molecule has 0 radical (unpaired) electrons. The summed E-state index contributed by atoms with van der Waals surface area (Å²) in [6, 6.07) is 2.98. The second-order valence-corrected chi connectivity index (χ2v) is 15.3. The Morgan fingerprint density at radius 2 is 1.36 bits per heavy atom. The van der Waals surface area contributed by atoms with Crippen molar-refractivity contribution in [2.45, 2.75) is 44.7 Å². The summed E-state index contributed by atoms with van der Waals surface area (Å²) in [5, 5.41) is 0. The first-order valence-corrected chi connectivity index (χ1v) is 11.0. The molecule has 0 spiro atoms. The highest BCUT2D eigenvalue weighted by molar-refractivity contribution is 6.82. The van der Waals surface area contributed by atoms with Gasteiger partial charge < -0.3 is 4.23 Å². The monoisotopic (exact) mass is 187 g/mol. The van der Waals surface area contributed by atoms with Crippen molar-refractivity contribution in [3.05, 3.63) is 7.05 Å². The van der Waals surface area contributed by atoms with Gasteiger partial charge in [-0.15, -0.1) is 0 Å². The van der Waals surface area contributed by atoms with E-state index in [1.54, 1.807) is 4.23 Å². The summed E-state index contributed by atoms with van der Waals surface area (Å²) >= 11 is 0. The van der Waals surface area contributed by atoms with Crippen molar-refractivity contribution in [2.75, 3.05) is 0 Å². The molecule has 11 heavy (non-hydrogen) atoms. The highest BCUT2D eigenvalue weighted by Gasteiger charge is 2.43. The van der Waals surface area contributed by atoms with Gasteiger partial charge in [0, 0.05) is 0 Å². The molecule has 0 aromatic rings. The summed E-state index contributed by atoms with van der Waals surface area (Å²) < 4.78 is 1.72. The van der Waals surface area contributed by atoms with Crippen molar-refractivity contribution in [3.63, 3.8) is 0 Å². The van der Waals surface area contributed by atoms with Gasteiger partial charge in [0.05, 0.1) is 0 Å². The molecule has 1 N–H and O–H groups in total. The minimum absolute atomic E-state index is 0.962. The fraction of sp³-hybridized carbons (Fsp3) is 0.875. The predicted octanol–water partition coefficient (Wildman–Crippen LogP) is 1.48. The van der Waals surface area contributed by atoms with Gasteiger partial charge in [-0.2, -0.15) is 7.05 Å². The summed E-state index contributed by atoms with van der Waals surface area (Å²) in [5.41, 5.74) is 0. The molecule has 1 saturated heterocycles. The molecule has 1 rings (SSSR count). The second kappa shape index (κ2) is 2.71. The average Bonchev–Trinajstić information content (AvgIpc) is 1.82. The van der Waals surface area contributed by atoms with Gasteiger partial charge in [-0.25, -0.2) is 0 Å². The number of rotatable bonds is 0. The van der Waals surface area contributed by atoms with Gasteiger partial charge >= 0.3 is 0 Å². The molecular weight excluding hydrogens is 166 g/mol. The SMILES string of the molecule is [CH2-][NH+]1[Si](C)(C)CCC[Si]1(C)C. The van der Waals surface area contributed by atoms with Gasteiger partial charge in [-0.05, 0) is 44.7 Å². The first kappa shape index (κ1) is 9.48. The maximum absolute atomic E-state index is 4.34. The van der Waals surface area contributed by atoms with Crippen LogP contribution in [0.3, 0.4) is 0 Å². The van der Waals surface area contributed by atoms with Gasteiger partial charge in [0.2, 0.25) is 16.5 Å². The van der Waals surface area contributed by atoms with Crippen LogP contribution in [0.2, 0.25) is 38.3 Å². The zero-order valence-electron chi connectivity index (χ0n) is 8.33. The molecule has 0 unspecified atom stereocenters. The Kier molecular flexibility index (Phi) is 2.34. The van der Waals surface area contributed by atoms with Crippen LogP contribution in [0, 0.1) is 7.05 Å². The zero-order chi connectivity index (χ0) is 8.70. The maximum Gasteiger partial charge on any atom is 0.236 e. The molecule has 3 heteroatoms. The number of quaternary nitrogens is 1. The normalized spacial score (nSPS) is 30.3. The van der Waals surface area contributed by atoms with Crippen LogP contribution in [0.25, 0.3) is 0 Å². The molecule has 1 heterocycles. The van der Waals surface area contributed by atoms with Crippen LogP contribution in [-0.2, 0) is 0 Å². The van der Waals surface area contributed by atoms with Crippen molar-refractivity contribution < 1.29 is 4.23 Å². The number of nitrogens with one attached hydrogen (secondary N) is 1. The van der Waals surface area contributed by atoms with Crippen LogP contribution >= 0.6 is 0 Å². The molecular formula is C8H21NSi2. The first-order valence-electron chi connectivity index (χ1n) is 4.56. The van der Waals surface area contributed by atoms with E-state index in [2.05, 4.69) is 33.2 Å². The van der Waals surface area contributed by atoms with E-state index in [-0.39, 0.29) is 0 Å². The molecule has 0 amide bonds. The summed E-state index contributed by atoms with van der Waals surface area (Å²) in [6.07, 6.45) is 1.48. The van der Waals surface area contributed by atoms with Crippen LogP contribution in [0.5, 0.6) is 0 Å². The van der Waals surface area contributed by atoms with Crippen molar-refractivity contribution in [2.24, 2.45) is 0 Å². The third kappa shape index (κ3) is 1.76. The highest BCUT2D eigenvalue weighted by atomic mass is 28.4. The lowest BCUT2D eigenvalue weighted by molar-refractivity contribution is -0.628. The van der Waals surface area contributed by atoms with Gasteiger partial charge in [-0.3, -0.25) is 0 Å². The largest absolute Gasteiger partial charge is 0.594 e. The fourth-order valence-corrected chi connectivity index (χ4v) is 13.3. The minimum atomic E-state index is -0.962. The lowest BCUT2D eigenvalue weighted by Gasteiger charge is -2.51. The third-order valence-corrected chi connectivity index (χ3v) is 13.8. The van der Waals surface area contributed by atoms with E-state index < -0.39 is 16.5 Å². The molecule has 0 aliphatic carbocycles. The van der Waals surface area contributed by atoms with E-state index in [1.807, 2.05) is 0 Å². The Hall–Kier alpha value is 0.394. The molecule has 66 valence electrons. The van der Waals surface area contributed by atoms with Gasteiger partial charge in [-0.1, -0.05) is 0 Å². The van der Waals surface area contributed by atoms with Gasteiger partial charge in [0.25, 0.3) is 0 Å². The first-order chi connectivity index (χ1) is 4.86. The quantitative estimate of drug-likeness (QED) is 0.433. The predicted molar refractivity (Wildman–Crippen MR) is 55.5 cm³/mol. The van der Waals surface area contributed by atoms with Crippen molar-refractivity contribution in [1.82, 2.24) is 0 Å². The fourth-order valence-electron chi connectivity index (χ4n) is 2.19. The van der Waals surface area contributed by atoms with E-state index in [0.29, 0.717) is 0 Å². The van der Waals surface area contributed by atoms with Gasteiger partial charge in [0.1, 0.15) is 0 Å². The van der Waals surface area contributed by atoms with Crippen LogP contribution in [0.4, 0.5) is 0 Å². The highest BCUT2D eigenvalue weighted by Crippen LogP contribution is 2.19. The van der Waals surface area contributed by atoms with Crippen molar-refractivity contribution >= 4 is 16.5 Å².